The Morgan fingerprint density at radius 3 is 2.04 bits per heavy atom. The highest BCUT2D eigenvalue weighted by molar-refractivity contribution is 7.09. The Balaban J connectivity index is 0.00000261. The fourth-order valence-corrected chi connectivity index (χ4v) is 3.66. The number of halogens is 1. The maximum Gasteiger partial charge on any atom is 0.276 e. The quantitative estimate of drug-likeness (QED) is 0.373. The van der Waals surface area contributed by atoms with E-state index in [0.29, 0.717) is 11.1 Å². The van der Waals surface area contributed by atoms with Crippen molar-refractivity contribution >= 4 is 22.7 Å². The molecule has 0 saturated heterocycles. The van der Waals surface area contributed by atoms with Crippen molar-refractivity contribution in [3.05, 3.63) is 78.3 Å². The van der Waals surface area contributed by atoms with Crippen molar-refractivity contribution in [3.63, 3.8) is 0 Å². The Hall–Kier alpha value is -2.84. The maximum atomic E-state index is 11.2. The fourth-order valence-electron chi connectivity index (χ4n) is 2.86. The zero-order valence-corrected chi connectivity index (χ0v) is 16.4. The monoisotopic (exact) mass is 405 g/mol. The van der Waals surface area contributed by atoms with Gasteiger partial charge in [-0.2, -0.15) is 4.57 Å². The van der Waals surface area contributed by atoms with Crippen LogP contribution in [0.4, 0.5) is 11.4 Å². The molecule has 0 unspecified atom stereocenters. The summed E-state index contributed by atoms with van der Waals surface area (Å²) in [4.78, 5) is 22.4. The molecule has 140 valence electrons. The van der Waals surface area contributed by atoms with E-state index in [4.69, 9.17) is 0 Å². The van der Waals surface area contributed by atoms with Gasteiger partial charge in [-0.05, 0) is 19.9 Å². The minimum atomic E-state index is -0.612. The molecular formula is C18H16ClN3O4S. The van der Waals surface area contributed by atoms with Crippen molar-refractivity contribution in [2.24, 2.45) is 0 Å². The summed E-state index contributed by atoms with van der Waals surface area (Å²) >= 11 is 1.60. The van der Waals surface area contributed by atoms with Crippen molar-refractivity contribution in [1.29, 1.82) is 0 Å². The van der Waals surface area contributed by atoms with E-state index in [0.717, 1.165) is 27.9 Å². The first kappa shape index (κ1) is 20.5. The van der Waals surface area contributed by atoms with Gasteiger partial charge in [0.15, 0.2) is 5.69 Å². The molecule has 0 saturated carbocycles. The number of hydrogen-bond donors (Lipinski definition) is 0. The second-order valence-corrected chi connectivity index (χ2v) is 7.02. The zero-order valence-electron chi connectivity index (χ0n) is 14.8. The summed E-state index contributed by atoms with van der Waals surface area (Å²) in [5.41, 5.74) is 5.43. The van der Waals surface area contributed by atoms with E-state index >= 15 is 0 Å². The van der Waals surface area contributed by atoms with E-state index in [-0.39, 0.29) is 23.8 Å². The summed E-state index contributed by atoms with van der Waals surface area (Å²) in [5.74, 6) is 0. The zero-order chi connectivity index (χ0) is 19.0. The van der Waals surface area contributed by atoms with E-state index in [1.165, 1.54) is 12.1 Å². The number of nitro groups is 2. The third-order valence-electron chi connectivity index (χ3n) is 4.32. The Labute approximate surface area is 165 Å². The predicted molar refractivity (Wildman–Crippen MR) is 98.8 cm³/mol. The van der Waals surface area contributed by atoms with Crippen LogP contribution < -0.4 is 17.0 Å². The van der Waals surface area contributed by atoms with E-state index < -0.39 is 9.85 Å². The molecule has 0 bridgehead atoms. The number of hydrogen-bond acceptors (Lipinski definition) is 5. The van der Waals surface area contributed by atoms with Gasteiger partial charge in [0, 0.05) is 30.2 Å². The van der Waals surface area contributed by atoms with Gasteiger partial charge in [0.25, 0.3) is 11.4 Å². The summed E-state index contributed by atoms with van der Waals surface area (Å²) in [6.07, 6.45) is 0. The molecular weight excluding hydrogens is 390 g/mol. The van der Waals surface area contributed by atoms with Crippen molar-refractivity contribution in [1.82, 2.24) is 0 Å². The highest BCUT2D eigenvalue weighted by Gasteiger charge is 2.25. The summed E-state index contributed by atoms with van der Waals surface area (Å²) in [5, 5.41) is 22.4. The van der Waals surface area contributed by atoms with Crippen molar-refractivity contribution < 1.29 is 26.8 Å². The smallest absolute Gasteiger partial charge is 0.276 e. The van der Waals surface area contributed by atoms with Crippen LogP contribution in [0.25, 0.3) is 16.8 Å². The Kier molecular flexibility index (Phi) is 5.92. The lowest BCUT2D eigenvalue weighted by molar-refractivity contribution is -0.597. The molecule has 0 N–H and O–H groups in total. The number of nitrogens with zero attached hydrogens (tertiary/aromatic N) is 3. The minimum Gasteiger partial charge on any atom is -1.00 e. The number of aryl methyl sites for hydroxylation is 2. The van der Waals surface area contributed by atoms with Gasteiger partial charge in [0.05, 0.1) is 26.4 Å². The van der Waals surface area contributed by atoms with Gasteiger partial charge < -0.3 is 12.4 Å². The van der Waals surface area contributed by atoms with Crippen LogP contribution in [0.15, 0.2) is 41.9 Å². The molecule has 0 aliphatic heterocycles. The van der Waals surface area contributed by atoms with Gasteiger partial charge in [0.1, 0.15) is 0 Å². The lowest BCUT2D eigenvalue weighted by Gasteiger charge is -2.08. The van der Waals surface area contributed by atoms with E-state index in [9.17, 15) is 20.2 Å². The number of aromatic nitrogens is 1. The molecule has 0 aliphatic rings. The SMILES string of the molecule is Cc1cccc(-c2cc([N+](=O)[O-])cc([N+](=O)[O-])c2)c1-[n+]1csc(C)c1C.[Cl-]. The molecule has 1 heterocycles. The average Bonchev–Trinajstić information content (AvgIpc) is 2.93. The summed E-state index contributed by atoms with van der Waals surface area (Å²) < 4.78 is 2.02. The van der Waals surface area contributed by atoms with Crippen LogP contribution in [0, 0.1) is 41.0 Å². The number of rotatable bonds is 4. The molecule has 7 nitrogen and oxygen atoms in total. The first-order valence-corrected chi connectivity index (χ1v) is 8.68. The van der Waals surface area contributed by atoms with Crippen molar-refractivity contribution in [2.45, 2.75) is 20.8 Å². The second kappa shape index (κ2) is 7.81. The molecule has 27 heavy (non-hydrogen) atoms. The Morgan fingerprint density at radius 2 is 1.56 bits per heavy atom. The Morgan fingerprint density at radius 1 is 0.963 bits per heavy atom. The van der Waals surface area contributed by atoms with Crippen LogP contribution in [0.1, 0.15) is 16.1 Å². The lowest BCUT2D eigenvalue weighted by Crippen LogP contribution is -3.00. The van der Waals surface area contributed by atoms with Crippen LogP contribution >= 0.6 is 11.3 Å². The van der Waals surface area contributed by atoms with E-state index in [1.54, 1.807) is 11.3 Å². The fraction of sp³-hybridized carbons (Fsp3) is 0.167. The first-order chi connectivity index (χ1) is 12.3. The Bertz CT molecular complexity index is 1020. The van der Waals surface area contributed by atoms with E-state index in [1.807, 2.05) is 49.0 Å². The minimum absolute atomic E-state index is 0. The van der Waals surface area contributed by atoms with Gasteiger partial charge >= 0.3 is 0 Å². The molecule has 1 aromatic heterocycles. The third kappa shape index (κ3) is 3.81. The van der Waals surface area contributed by atoms with E-state index in [2.05, 4.69) is 0 Å². The topological polar surface area (TPSA) is 90.2 Å². The molecule has 0 amide bonds. The standard InChI is InChI=1S/C18H16N3O4S.ClH/c1-11-5-4-6-17(18(11)19-10-26-13(3)12(19)2)14-7-15(20(22)23)9-16(8-14)21(24)25;/h4-10H,1-3H3;1H/q+1;/p-1. The molecule has 0 atom stereocenters. The average molecular weight is 406 g/mol. The van der Waals surface area contributed by atoms with Gasteiger partial charge in [-0.1, -0.05) is 23.5 Å². The molecule has 0 fully saturated rings. The molecule has 9 heteroatoms. The van der Waals surface area contributed by atoms with Crippen LogP contribution in [-0.2, 0) is 0 Å². The second-order valence-electron chi connectivity index (χ2n) is 5.96. The van der Waals surface area contributed by atoms with Gasteiger partial charge in [-0.3, -0.25) is 20.2 Å². The van der Waals surface area contributed by atoms with Gasteiger partial charge in [-0.25, -0.2) is 0 Å². The molecule has 0 spiro atoms. The van der Waals surface area contributed by atoms with Crippen molar-refractivity contribution in [2.75, 3.05) is 0 Å². The van der Waals surface area contributed by atoms with Gasteiger partial charge in [0.2, 0.25) is 11.2 Å². The van der Waals surface area contributed by atoms with Crippen LogP contribution in [0.5, 0.6) is 0 Å². The third-order valence-corrected chi connectivity index (χ3v) is 5.28. The molecule has 0 radical (unpaired) electrons. The molecule has 0 aliphatic carbocycles. The predicted octanol–water partition coefficient (Wildman–Crippen LogP) is 1.44. The van der Waals surface area contributed by atoms with Crippen LogP contribution in [0.3, 0.4) is 0 Å². The number of non-ortho nitro benzene ring substituents is 2. The van der Waals surface area contributed by atoms with Gasteiger partial charge in [-0.15, -0.1) is 0 Å². The van der Waals surface area contributed by atoms with Crippen LogP contribution in [0.2, 0.25) is 0 Å². The highest BCUT2D eigenvalue weighted by atomic mass is 35.5. The summed E-state index contributed by atoms with van der Waals surface area (Å²) in [6.45, 7) is 5.97. The largest absolute Gasteiger partial charge is 1.00 e. The molecule has 3 aromatic rings. The highest BCUT2D eigenvalue weighted by Crippen LogP contribution is 2.33. The summed E-state index contributed by atoms with van der Waals surface area (Å²) in [6, 6.07) is 9.34. The summed E-state index contributed by atoms with van der Waals surface area (Å²) in [7, 11) is 0. The van der Waals surface area contributed by atoms with Crippen LogP contribution in [-0.4, -0.2) is 9.85 Å². The first-order valence-electron chi connectivity index (χ1n) is 7.80. The number of benzene rings is 2. The normalized spacial score (nSPS) is 10.3. The maximum absolute atomic E-state index is 11.2. The molecule has 2 aromatic carbocycles. The van der Waals surface area contributed by atoms with Crippen molar-refractivity contribution in [3.8, 4) is 16.8 Å². The number of thiazole rings is 1. The number of nitro benzene ring substituents is 2. The molecule has 3 rings (SSSR count). The lowest BCUT2D eigenvalue weighted by atomic mass is 9.99. The number of para-hydroxylation sites is 1.